The number of aliphatic imine (C=N–C) groups is 2. The number of nitrogens with zero attached hydrogens (tertiary/aromatic N) is 2. The van der Waals surface area contributed by atoms with Gasteiger partial charge in [-0.05, 0) is 50.2 Å². The third kappa shape index (κ3) is 7.99. The first-order chi connectivity index (χ1) is 14.8. The van der Waals surface area contributed by atoms with Gasteiger partial charge in [0, 0.05) is 18.0 Å². The molecule has 1 aromatic rings. The Hall–Kier alpha value is -1.06. The molecule has 0 radical (unpaired) electrons. The average Bonchev–Trinajstić information content (AvgIpc) is 2.72. The van der Waals surface area contributed by atoms with E-state index in [4.69, 9.17) is 0 Å². The van der Waals surface area contributed by atoms with E-state index in [0.717, 1.165) is 24.6 Å². The molecule has 2 atom stereocenters. The van der Waals surface area contributed by atoms with Gasteiger partial charge in [0.1, 0.15) is 5.41 Å². The van der Waals surface area contributed by atoms with Crippen LogP contribution in [-0.4, -0.2) is 35.3 Å². The zero-order valence-corrected chi connectivity index (χ0v) is 24.1. The third-order valence-corrected chi connectivity index (χ3v) is 6.84. The number of rotatable bonds is 5. The number of thioether (sulfide) groups is 1. The summed E-state index contributed by atoms with van der Waals surface area (Å²) in [4.78, 5) is 31.5. The Kier molecular flexibility index (Phi) is 14.6. The molecule has 2 amide bonds. The second-order valence-corrected chi connectivity index (χ2v) is 9.06. The van der Waals surface area contributed by atoms with E-state index in [0.29, 0.717) is 6.42 Å². The van der Waals surface area contributed by atoms with E-state index in [1.807, 2.05) is 25.6 Å². The Bertz CT molecular complexity index is 861. The van der Waals surface area contributed by atoms with E-state index >= 15 is 0 Å². The molecule has 0 aliphatic carbocycles. The van der Waals surface area contributed by atoms with Crippen LogP contribution in [-0.2, 0) is 9.59 Å². The number of para-hydroxylation sites is 1. The number of amidine groups is 2. The van der Waals surface area contributed by atoms with Gasteiger partial charge in [0.2, 0.25) is 5.91 Å². The summed E-state index contributed by atoms with van der Waals surface area (Å²) >= 11 is 1.81. The topological polar surface area (TPSA) is 106 Å². The zero-order chi connectivity index (χ0) is 23.0. The predicted molar refractivity (Wildman–Crippen MR) is 134 cm³/mol. The van der Waals surface area contributed by atoms with Crippen molar-refractivity contribution in [3.63, 3.8) is 0 Å². The van der Waals surface area contributed by atoms with Crippen LogP contribution in [0.4, 0.5) is 5.69 Å². The summed E-state index contributed by atoms with van der Waals surface area (Å²) in [7, 11) is 0. The number of carbonyl (C=O) groups is 2. The molecule has 0 bridgehead atoms. The van der Waals surface area contributed by atoms with Crippen molar-refractivity contribution in [3.05, 3.63) is 29.3 Å². The summed E-state index contributed by atoms with van der Waals surface area (Å²) in [5.74, 6) is -0.0194. The second kappa shape index (κ2) is 15.0. The SMILES string of the molecule is CCCC(C)C1(CC)C(=O)N=C([O-])NC1=O.Cc1cccc(C)c1NC1=NCCCS1.Cl.[Na+]. The fourth-order valence-electron chi connectivity index (χ4n) is 3.95. The quantitative estimate of drug-likeness (QED) is 0.456. The van der Waals surface area contributed by atoms with Crippen LogP contribution in [0.15, 0.2) is 28.2 Å². The van der Waals surface area contributed by atoms with E-state index in [-0.39, 0.29) is 47.9 Å². The van der Waals surface area contributed by atoms with Crippen molar-refractivity contribution in [3.8, 4) is 0 Å². The largest absolute Gasteiger partial charge is 1.00 e. The van der Waals surface area contributed by atoms with E-state index in [1.165, 1.54) is 29.0 Å². The number of anilines is 1. The Morgan fingerprint density at radius 2 is 1.88 bits per heavy atom. The maximum absolute atomic E-state index is 11.9. The monoisotopic (exact) mass is 504 g/mol. The Morgan fingerprint density at radius 1 is 1.24 bits per heavy atom. The minimum Gasteiger partial charge on any atom is -0.846 e. The van der Waals surface area contributed by atoms with Gasteiger partial charge in [-0.3, -0.25) is 14.6 Å². The van der Waals surface area contributed by atoms with Crippen LogP contribution in [0, 0.1) is 25.2 Å². The molecule has 1 aromatic carbocycles. The molecule has 178 valence electrons. The van der Waals surface area contributed by atoms with Gasteiger partial charge in [0.25, 0.3) is 5.91 Å². The smallest absolute Gasteiger partial charge is 0.846 e. The van der Waals surface area contributed by atoms with Crippen LogP contribution in [0.25, 0.3) is 0 Å². The number of benzene rings is 1. The number of nitrogens with one attached hydrogen (secondary N) is 2. The van der Waals surface area contributed by atoms with Gasteiger partial charge in [-0.2, -0.15) is 0 Å². The molecule has 2 N–H and O–H groups in total. The van der Waals surface area contributed by atoms with Crippen molar-refractivity contribution in [1.29, 1.82) is 0 Å². The van der Waals surface area contributed by atoms with Crippen molar-refractivity contribution in [2.45, 2.75) is 60.3 Å². The van der Waals surface area contributed by atoms with Crippen LogP contribution in [0.5, 0.6) is 0 Å². The van der Waals surface area contributed by atoms with Gasteiger partial charge in [-0.15, -0.1) is 12.4 Å². The van der Waals surface area contributed by atoms with E-state index in [1.54, 1.807) is 6.92 Å². The molecular formula is C23H34ClN4NaO3S. The number of amides is 2. The molecule has 33 heavy (non-hydrogen) atoms. The number of aryl methyl sites for hydroxylation is 2. The fourth-order valence-corrected chi connectivity index (χ4v) is 4.78. The molecule has 2 aliphatic heterocycles. The van der Waals surface area contributed by atoms with Crippen molar-refractivity contribution in [1.82, 2.24) is 5.32 Å². The molecule has 10 heteroatoms. The van der Waals surface area contributed by atoms with Crippen LogP contribution in [0.2, 0.25) is 0 Å². The predicted octanol–water partition coefficient (Wildman–Crippen LogP) is 0.826. The number of hydrogen-bond donors (Lipinski definition) is 2. The maximum Gasteiger partial charge on any atom is 1.00 e. The maximum atomic E-state index is 11.9. The van der Waals surface area contributed by atoms with Crippen molar-refractivity contribution in [2.24, 2.45) is 21.3 Å². The van der Waals surface area contributed by atoms with Crippen LogP contribution >= 0.6 is 24.2 Å². The van der Waals surface area contributed by atoms with Gasteiger partial charge >= 0.3 is 29.6 Å². The molecule has 3 rings (SSSR count). The van der Waals surface area contributed by atoms with E-state index < -0.39 is 23.3 Å². The molecular weight excluding hydrogens is 471 g/mol. The molecule has 0 saturated heterocycles. The summed E-state index contributed by atoms with van der Waals surface area (Å²) in [5, 5.41) is 17.6. The minimum absolute atomic E-state index is 0. The van der Waals surface area contributed by atoms with Crippen molar-refractivity contribution in [2.75, 3.05) is 17.6 Å². The summed E-state index contributed by atoms with van der Waals surface area (Å²) in [5.41, 5.74) is 2.63. The van der Waals surface area contributed by atoms with Crippen molar-refractivity contribution < 1.29 is 44.3 Å². The van der Waals surface area contributed by atoms with Crippen LogP contribution < -0.4 is 45.3 Å². The molecule has 0 fully saturated rings. The van der Waals surface area contributed by atoms with E-state index in [9.17, 15) is 14.7 Å². The zero-order valence-electron chi connectivity index (χ0n) is 20.5. The Morgan fingerprint density at radius 3 is 2.36 bits per heavy atom. The summed E-state index contributed by atoms with van der Waals surface area (Å²) in [6.45, 7) is 10.8. The van der Waals surface area contributed by atoms with Gasteiger partial charge in [-0.25, -0.2) is 4.99 Å². The third-order valence-electron chi connectivity index (χ3n) is 5.84. The minimum atomic E-state index is -1.15. The van der Waals surface area contributed by atoms with Gasteiger partial charge in [-0.1, -0.05) is 57.2 Å². The molecule has 2 aliphatic rings. The second-order valence-electron chi connectivity index (χ2n) is 7.97. The van der Waals surface area contributed by atoms with Crippen LogP contribution in [0.3, 0.4) is 0 Å². The summed E-state index contributed by atoms with van der Waals surface area (Å²) in [6.07, 6.45) is 3.21. The molecule has 2 heterocycles. The summed E-state index contributed by atoms with van der Waals surface area (Å²) in [6, 6.07) is 5.50. The Labute approximate surface area is 229 Å². The summed E-state index contributed by atoms with van der Waals surface area (Å²) < 4.78 is 0. The van der Waals surface area contributed by atoms with Gasteiger partial charge < -0.3 is 15.7 Å². The first-order valence-corrected chi connectivity index (χ1v) is 11.9. The molecule has 0 spiro atoms. The fraction of sp³-hybridized carbons (Fsp3) is 0.565. The first-order valence-electron chi connectivity index (χ1n) is 10.9. The number of carbonyl (C=O) groups excluding carboxylic acids is 2. The standard InChI is InChI=1S/C12H16N2S.C11H18N2O3.ClH.Na/c1-9-5-3-6-10(2)11(9)14-12-13-7-4-8-15-12;1-4-6-7(3)11(5-2)8(14)12-10(16)13-9(11)15;;/h3,5-6H,4,7-8H2,1-2H3,(H,13,14);7H,4-6H2,1-3H3,(H2,12,13,14,15,16);1H;/q;;;+1/p-1. The van der Waals surface area contributed by atoms with Crippen LogP contribution in [0.1, 0.15) is 57.6 Å². The molecule has 2 unspecified atom stereocenters. The first kappa shape index (κ1) is 31.9. The van der Waals surface area contributed by atoms with Crippen molar-refractivity contribution >= 4 is 52.9 Å². The number of hydrogen-bond acceptors (Lipinski definition) is 6. The average molecular weight is 505 g/mol. The number of halogens is 1. The molecule has 0 aromatic heterocycles. The van der Waals surface area contributed by atoms with Gasteiger partial charge in [0.15, 0.2) is 5.17 Å². The normalized spacial score (nSPS) is 20.5. The molecule has 0 saturated carbocycles. The van der Waals surface area contributed by atoms with E-state index in [2.05, 4.69) is 52.7 Å². The van der Waals surface area contributed by atoms with Gasteiger partial charge in [0.05, 0.1) is 6.02 Å². The molecule has 7 nitrogen and oxygen atoms in total. The Balaban J connectivity index is 0.000000586.